The van der Waals surface area contributed by atoms with Gasteiger partial charge in [-0.25, -0.2) is 0 Å². The number of nitrogens with two attached hydrogens (primary N) is 1. The van der Waals surface area contributed by atoms with Crippen molar-refractivity contribution in [2.75, 3.05) is 12.3 Å². The lowest BCUT2D eigenvalue weighted by Gasteiger charge is -2.35. The summed E-state index contributed by atoms with van der Waals surface area (Å²) in [4.78, 5) is 13.2. The predicted molar refractivity (Wildman–Crippen MR) is 145 cm³/mol. The molecule has 0 heterocycles. The lowest BCUT2D eigenvalue weighted by atomic mass is 10.0. The first-order chi connectivity index (χ1) is 16.1. The van der Waals surface area contributed by atoms with Crippen LogP contribution in [0.3, 0.4) is 0 Å². The second kappa shape index (κ2) is 11.0. The summed E-state index contributed by atoms with van der Waals surface area (Å²) in [5, 5.41) is 4.99. The van der Waals surface area contributed by atoms with E-state index in [2.05, 4.69) is 97.1 Å². The van der Waals surface area contributed by atoms with Crippen molar-refractivity contribution in [3.8, 4) is 0 Å². The van der Waals surface area contributed by atoms with E-state index in [1.165, 1.54) is 21.2 Å². The normalized spacial score (nSPS) is 11.6. The molecule has 33 heavy (non-hydrogen) atoms. The minimum Gasteiger partial charge on any atom is -0.318 e. The van der Waals surface area contributed by atoms with Gasteiger partial charge >= 0.3 is 0 Å². The fourth-order valence-corrected chi connectivity index (χ4v) is 9.36. The van der Waals surface area contributed by atoms with Crippen molar-refractivity contribution in [3.63, 3.8) is 0 Å². The molecule has 0 saturated carbocycles. The molecule has 0 spiro atoms. The summed E-state index contributed by atoms with van der Waals surface area (Å²) in [6.45, 7) is 1.66. The summed E-state index contributed by atoms with van der Waals surface area (Å²) in [5.41, 5.74) is 6.15. The van der Waals surface area contributed by atoms with Crippen LogP contribution in [0.2, 0.25) is 0 Å². The molecule has 0 atom stereocenters. The summed E-state index contributed by atoms with van der Waals surface area (Å²) in [7, 11) is -1.55. The molecule has 0 unspecified atom stereocenters. The third kappa shape index (κ3) is 5.84. The van der Waals surface area contributed by atoms with E-state index in [4.69, 9.17) is 5.73 Å². The lowest BCUT2D eigenvalue weighted by Crippen LogP contribution is -2.54. The Balaban J connectivity index is 1.74. The van der Waals surface area contributed by atoms with Crippen LogP contribution in [0.4, 0.5) is 0 Å². The second-order valence-electron chi connectivity index (χ2n) is 8.23. The standard InChI is InChI=1S/C29H29NOP2/c1-24(31)29(30,22-32(25-14-6-2-7-15-25)26-16-8-3-9-17-26)23-33(27-18-10-4-11-19-27)28-20-12-5-13-21-28/h2-21H,22-23,30H2,1H3. The Hall–Kier alpha value is -2.63. The Morgan fingerprint density at radius 2 is 0.818 bits per heavy atom. The maximum absolute atomic E-state index is 13.2. The molecule has 0 aliphatic rings. The molecule has 4 rings (SSSR count). The van der Waals surface area contributed by atoms with Crippen LogP contribution < -0.4 is 27.0 Å². The molecule has 0 fully saturated rings. The van der Waals surface area contributed by atoms with Crippen LogP contribution >= 0.6 is 15.8 Å². The largest absolute Gasteiger partial charge is 0.318 e. The molecule has 0 aliphatic heterocycles. The molecule has 0 aliphatic carbocycles. The molecule has 0 amide bonds. The third-order valence-electron chi connectivity index (χ3n) is 5.85. The molecule has 0 bridgehead atoms. The second-order valence-corrected chi connectivity index (χ2v) is 12.6. The first kappa shape index (κ1) is 23.5. The van der Waals surface area contributed by atoms with Gasteiger partial charge < -0.3 is 5.73 Å². The van der Waals surface area contributed by atoms with Crippen molar-refractivity contribution in [1.82, 2.24) is 0 Å². The molecule has 0 aromatic heterocycles. The van der Waals surface area contributed by atoms with Crippen LogP contribution in [0.1, 0.15) is 6.92 Å². The van der Waals surface area contributed by atoms with E-state index in [0.29, 0.717) is 12.3 Å². The number of Topliss-reactive ketones (excluding diaryl/α,β-unsaturated/α-hetero) is 1. The summed E-state index contributed by atoms with van der Waals surface area (Å²) in [5.74, 6) is 0.0567. The van der Waals surface area contributed by atoms with Crippen molar-refractivity contribution in [1.29, 1.82) is 0 Å². The first-order valence-electron chi connectivity index (χ1n) is 11.1. The van der Waals surface area contributed by atoms with Gasteiger partial charge in [0.1, 0.15) is 5.78 Å². The van der Waals surface area contributed by atoms with Gasteiger partial charge in [-0.2, -0.15) is 0 Å². The number of carbonyl (C=O) groups is 1. The number of hydrogen-bond acceptors (Lipinski definition) is 2. The topological polar surface area (TPSA) is 43.1 Å². The van der Waals surface area contributed by atoms with Gasteiger partial charge in [0.2, 0.25) is 0 Å². The van der Waals surface area contributed by atoms with E-state index in [9.17, 15) is 4.79 Å². The summed E-state index contributed by atoms with van der Waals surface area (Å²) in [6, 6.07) is 42.0. The number of hydrogen-bond donors (Lipinski definition) is 1. The highest BCUT2D eigenvalue weighted by Crippen LogP contribution is 2.43. The van der Waals surface area contributed by atoms with Crippen molar-refractivity contribution in [2.24, 2.45) is 5.73 Å². The average molecular weight is 470 g/mol. The predicted octanol–water partition coefficient (Wildman–Crippen LogP) is 4.54. The Labute approximate surface area is 199 Å². The average Bonchev–Trinajstić information content (AvgIpc) is 2.88. The maximum atomic E-state index is 13.2. The molecule has 2 nitrogen and oxygen atoms in total. The Morgan fingerprint density at radius 1 is 0.576 bits per heavy atom. The van der Waals surface area contributed by atoms with Gasteiger partial charge in [-0.15, -0.1) is 0 Å². The number of rotatable bonds is 9. The van der Waals surface area contributed by atoms with E-state index in [1.54, 1.807) is 6.92 Å². The molecule has 2 N–H and O–H groups in total. The van der Waals surface area contributed by atoms with Crippen molar-refractivity contribution in [2.45, 2.75) is 12.5 Å². The monoisotopic (exact) mass is 469 g/mol. The number of carbonyl (C=O) groups excluding carboxylic acids is 1. The van der Waals surface area contributed by atoms with Crippen LogP contribution in [-0.2, 0) is 4.79 Å². The smallest absolute Gasteiger partial charge is 0.150 e. The van der Waals surface area contributed by atoms with Crippen molar-refractivity contribution < 1.29 is 4.79 Å². The fourth-order valence-electron chi connectivity index (χ4n) is 3.93. The van der Waals surface area contributed by atoms with Gasteiger partial charge in [0, 0.05) is 12.3 Å². The minimum atomic E-state index is -0.922. The Bertz CT molecular complexity index is 987. The van der Waals surface area contributed by atoms with Gasteiger partial charge in [-0.1, -0.05) is 121 Å². The zero-order chi connectivity index (χ0) is 23.1. The molecular formula is C29H29NOP2. The quantitative estimate of drug-likeness (QED) is 0.366. The highest BCUT2D eigenvalue weighted by atomic mass is 31.1. The highest BCUT2D eigenvalue weighted by molar-refractivity contribution is 7.74. The molecule has 0 radical (unpaired) electrons. The summed E-state index contributed by atoms with van der Waals surface area (Å²) < 4.78 is 0. The Morgan fingerprint density at radius 3 is 1.03 bits per heavy atom. The zero-order valence-electron chi connectivity index (χ0n) is 18.8. The van der Waals surface area contributed by atoms with Crippen LogP contribution in [0, 0.1) is 0 Å². The fraction of sp³-hybridized carbons (Fsp3) is 0.138. The van der Waals surface area contributed by atoms with E-state index >= 15 is 0 Å². The SMILES string of the molecule is CC(=O)C(N)(CP(c1ccccc1)c1ccccc1)CP(c1ccccc1)c1ccccc1. The summed E-state index contributed by atoms with van der Waals surface area (Å²) >= 11 is 0. The van der Waals surface area contributed by atoms with Gasteiger partial charge in [0.25, 0.3) is 0 Å². The van der Waals surface area contributed by atoms with Crippen LogP contribution in [0.5, 0.6) is 0 Å². The van der Waals surface area contributed by atoms with Crippen LogP contribution in [0.15, 0.2) is 121 Å². The lowest BCUT2D eigenvalue weighted by molar-refractivity contribution is -0.120. The van der Waals surface area contributed by atoms with Crippen LogP contribution in [0.25, 0.3) is 0 Å². The van der Waals surface area contributed by atoms with Crippen molar-refractivity contribution >= 4 is 42.8 Å². The molecule has 4 aromatic carbocycles. The molecule has 0 saturated heterocycles. The third-order valence-corrected chi connectivity index (χ3v) is 11.3. The van der Waals surface area contributed by atoms with Crippen molar-refractivity contribution in [3.05, 3.63) is 121 Å². The number of benzene rings is 4. The summed E-state index contributed by atoms with van der Waals surface area (Å²) in [6.07, 6.45) is 1.26. The van der Waals surface area contributed by atoms with Gasteiger partial charge in [-0.05, 0) is 44.0 Å². The van der Waals surface area contributed by atoms with Gasteiger partial charge in [0.15, 0.2) is 0 Å². The Kier molecular flexibility index (Phi) is 7.84. The van der Waals surface area contributed by atoms with E-state index in [0.717, 1.165) is 0 Å². The van der Waals surface area contributed by atoms with Gasteiger partial charge in [0.05, 0.1) is 5.54 Å². The van der Waals surface area contributed by atoms with E-state index < -0.39 is 21.4 Å². The molecule has 166 valence electrons. The minimum absolute atomic E-state index is 0.0567. The number of ketones is 1. The van der Waals surface area contributed by atoms with E-state index in [-0.39, 0.29) is 5.78 Å². The maximum Gasteiger partial charge on any atom is 0.150 e. The van der Waals surface area contributed by atoms with Gasteiger partial charge in [-0.3, -0.25) is 4.79 Å². The molecule has 4 heteroatoms. The van der Waals surface area contributed by atoms with Crippen LogP contribution in [-0.4, -0.2) is 23.6 Å². The zero-order valence-corrected chi connectivity index (χ0v) is 20.6. The van der Waals surface area contributed by atoms with E-state index in [1.807, 2.05) is 24.3 Å². The molecule has 4 aromatic rings. The molecular weight excluding hydrogens is 440 g/mol. The first-order valence-corrected chi connectivity index (χ1v) is 14.2. The highest BCUT2D eigenvalue weighted by Gasteiger charge is 2.37.